The molecule has 17 heavy (non-hydrogen) atoms. The molecule has 0 saturated carbocycles. The summed E-state index contributed by atoms with van der Waals surface area (Å²) in [6, 6.07) is 5.72. The molecule has 0 unspecified atom stereocenters. The molecule has 0 aliphatic rings. The maximum absolute atomic E-state index is 5.62. The lowest BCUT2D eigenvalue weighted by atomic mass is 10.5. The predicted molar refractivity (Wildman–Crippen MR) is 73.5 cm³/mol. The fourth-order valence-electron chi connectivity index (χ4n) is 0.774. The Morgan fingerprint density at radius 1 is 0.647 bits per heavy atom. The van der Waals surface area contributed by atoms with Gasteiger partial charge in [-0.15, -0.1) is 0 Å². The number of hydrogen-bond acceptors (Lipinski definition) is 2. The highest BCUT2D eigenvalue weighted by Gasteiger charge is 2.12. The molecule has 0 N–H and O–H groups in total. The van der Waals surface area contributed by atoms with Gasteiger partial charge in [0, 0.05) is 12.4 Å². The van der Waals surface area contributed by atoms with Gasteiger partial charge in [-0.1, -0.05) is 64.1 Å². The maximum Gasteiger partial charge on any atom is 0.151 e. The van der Waals surface area contributed by atoms with E-state index in [4.69, 9.17) is 58.0 Å². The van der Waals surface area contributed by atoms with Gasteiger partial charge in [0.25, 0.3) is 0 Å². The molecule has 7 heteroatoms. The number of aromatic nitrogens is 2. The Morgan fingerprint density at radius 3 is 1.41 bits per heavy atom. The average molecular weight is 330 g/mol. The maximum atomic E-state index is 5.62. The molecular formula is C10H5Cl5N2. The summed E-state index contributed by atoms with van der Waals surface area (Å²) in [6.45, 7) is 0. The van der Waals surface area contributed by atoms with Crippen LogP contribution < -0.4 is 0 Å². The van der Waals surface area contributed by atoms with Crippen LogP contribution in [0, 0.1) is 0 Å². The van der Waals surface area contributed by atoms with Crippen LogP contribution >= 0.6 is 58.0 Å². The first-order chi connectivity index (χ1) is 8.04. The van der Waals surface area contributed by atoms with E-state index >= 15 is 0 Å². The lowest BCUT2D eigenvalue weighted by Crippen LogP contribution is -1.82. The van der Waals surface area contributed by atoms with Crippen molar-refractivity contribution in [1.29, 1.82) is 0 Å². The molecule has 0 fully saturated rings. The van der Waals surface area contributed by atoms with Crippen molar-refractivity contribution in [2.45, 2.75) is 0 Å². The number of halogens is 5. The summed E-state index contributed by atoms with van der Waals surface area (Å²) in [5, 5.41) is 0.445. The minimum atomic E-state index is 0.0473. The van der Waals surface area contributed by atoms with Crippen LogP contribution in [0.4, 0.5) is 0 Å². The van der Waals surface area contributed by atoms with E-state index in [9.17, 15) is 0 Å². The molecule has 2 nitrogen and oxygen atoms in total. The van der Waals surface area contributed by atoms with Gasteiger partial charge in [-0.25, -0.2) is 4.98 Å². The van der Waals surface area contributed by atoms with Crippen LogP contribution in [-0.4, -0.2) is 9.97 Å². The summed E-state index contributed by atoms with van der Waals surface area (Å²) in [5.41, 5.74) is 0. The molecule has 0 radical (unpaired) electrons. The average Bonchev–Trinajstić information content (AvgIpc) is 2.37. The van der Waals surface area contributed by atoms with Crippen LogP contribution in [0.1, 0.15) is 0 Å². The van der Waals surface area contributed by atoms with Crippen molar-refractivity contribution in [2.75, 3.05) is 0 Å². The molecule has 0 saturated heterocycles. The standard InChI is InChI=1S/C5Cl5N.C5H5N/c6-1-2(7)4(9)11-5(10)3(1)8;1-2-4-6-5-3-1/h;1-5H. The summed E-state index contributed by atoms with van der Waals surface area (Å²) < 4.78 is 0. The van der Waals surface area contributed by atoms with Gasteiger partial charge in [0.05, 0.1) is 15.1 Å². The van der Waals surface area contributed by atoms with E-state index in [0.29, 0.717) is 0 Å². The molecule has 90 valence electrons. The highest BCUT2D eigenvalue weighted by atomic mass is 35.5. The van der Waals surface area contributed by atoms with E-state index in [-0.39, 0.29) is 25.4 Å². The first kappa shape index (κ1) is 14.8. The van der Waals surface area contributed by atoms with Crippen molar-refractivity contribution in [3.63, 3.8) is 0 Å². The Balaban J connectivity index is 0.000000202. The Morgan fingerprint density at radius 2 is 1.12 bits per heavy atom. The molecule has 2 rings (SSSR count). The van der Waals surface area contributed by atoms with Crippen molar-refractivity contribution in [2.24, 2.45) is 0 Å². The molecule has 0 amide bonds. The molecule has 0 bridgehead atoms. The molecule has 0 aliphatic heterocycles. The third-order valence-corrected chi connectivity index (χ3v) is 3.56. The van der Waals surface area contributed by atoms with Gasteiger partial charge >= 0.3 is 0 Å². The normalized spacial score (nSPS) is 9.47. The molecule has 0 spiro atoms. The largest absolute Gasteiger partial charge is 0.265 e. The van der Waals surface area contributed by atoms with Crippen LogP contribution in [0.3, 0.4) is 0 Å². The zero-order valence-corrected chi connectivity index (χ0v) is 12.0. The third-order valence-electron chi connectivity index (χ3n) is 1.51. The van der Waals surface area contributed by atoms with Crippen molar-refractivity contribution in [3.05, 3.63) is 56.0 Å². The zero-order valence-electron chi connectivity index (χ0n) is 8.17. The van der Waals surface area contributed by atoms with Crippen molar-refractivity contribution in [1.82, 2.24) is 9.97 Å². The third kappa shape index (κ3) is 4.49. The smallest absolute Gasteiger partial charge is 0.151 e. The molecule has 0 aromatic carbocycles. The van der Waals surface area contributed by atoms with Gasteiger partial charge in [-0.05, 0) is 12.1 Å². The summed E-state index contributed by atoms with van der Waals surface area (Å²) in [4.78, 5) is 7.40. The van der Waals surface area contributed by atoms with E-state index in [1.54, 1.807) is 12.4 Å². The van der Waals surface area contributed by atoms with Crippen LogP contribution in [0.5, 0.6) is 0 Å². The van der Waals surface area contributed by atoms with E-state index in [0.717, 1.165) is 0 Å². The quantitative estimate of drug-likeness (QED) is 0.602. The van der Waals surface area contributed by atoms with Crippen LogP contribution in [0.15, 0.2) is 30.6 Å². The number of pyridine rings is 2. The van der Waals surface area contributed by atoms with Gasteiger partial charge in [0.1, 0.15) is 0 Å². The zero-order chi connectivity index (χ0) is 12.8. The Kier molecular flexibility index (Phi) is 6.31. The highest BCUT2D eigenvalue weighted by Crippen LogP contribution is 2.37. The topological polar surface area (TPSA) is 25.8 Å². The second kappa shape index (κ2) is 7.24. The molecule has 0 aliphatic carbocycles. The Bertz CT molecular complexity index is 437. The summed E-state index contributed by atoms with van der Waals surface area (Å²) in [5.74, 6) is 0. The number of hydrogen-bond donors (Lipinski definition) is 0. The van der Waals surface area contributed by atoms with E-state index in [1.165, 1.54) is 0 Å². The number of rotatable bonds is 0. The first-order valence-electron chi connectivity index (χ1n) is 4.24. The van der Waals surface area contributed by atoms with E-state index < -0.39 is 0 Å². The molecule has 2 aromatic rings. The summed E-state index contributed by atoms with van der Waals surface area (Å²) >= 11 is 27.8. The second-order valence-corrected chi connectivity index (χ2v) is 4.51. The lowest BCUT2D eigenvalue weighted by Gasteiger charge is -2.01. The van der Waals surface area contributed by atoms with Crippen LogP contribution in [-0.2, 0) is 0 Å². The van der Waals surface area contributed by atoms with Crippen molar-refractivity contribution in [3.8, 4) is 0 Å². The molecule has 2 aromatic heterocycles. The van der Waals surface area contributed by atoms with Gasteiger partial charge in [0.15, 0.2) is 10.3 Å². The lowest BCUT2D eigenvalue weighted by molar-refractivity contribution is 1.33. The minimum absolute atomic E-state index is 0.0473. The number of nitrogens with zero attached hydrogens (tertiary/aromatic N) is 2. The summed E-state index contributed by atoms with van der Waals surface area (Å²) in [7, 11) is 0. The van der Waals surface area contributed by atoms with Gasteiger partial charge < -0.3 is 0 Å². The summed E-state index contributed by atoms with van der Waals surface area (Å²) in [6.07, 6.45) is 3.50. The van der Waals surface area contributed by atoms with Gasteiger partial charge in [-0.2, -0.15) is 0 Å². The van der Waals surface area contributed by atoms with E-state index in [2.05, 4.69) is 9.97 Å². The molecule has 2 heterocycles. The van der Waals surface area contributed by atoms with Crippen molar-refractivity contribution < 1.29 is 0 Å². The van der Waals surface area contributed by atoms with Gasteiger partial charge in [-0.3, -0.25) is 4.98 Å². The molecule has 0 atom stereocenters. The Labute approximate surface area is 123 Å². The SMILES string of the molecule is Clc1nc(Cl)c(Cl)c(Cl)c1Cl.c1ccncc1. The monoisotopic (exact) mass is 328 g/mol. The van der Waals surface area contributed by atoms with Crippen molar-refractivity contribution >= 4 is 58.0 Å². The molecular weight excluding hydrogens is 325 g/mol. The fourth-order valence-corrected chi connectivity index (χ4v) is 1.77. The second-order valence-electron chi connectivity index (χ2n) is 2.66. The fraction of sp³-hybridized carbons (Fsp3) is 0. The Hall–Kier alpha value is -0.250. The van der Waals surface area contributed by atoms with Crippen LogP contribution in [0.2, 0.25) is 25.4 Å². The highest BCUT2D eigenvalue weighted by molar-refractivity contribution is 6.53. The predicted octanol–water partition coefficient (Wildman–Crippen LogP) is 5.43. The minimum Gasteiger partial charge on any atom is -0.265 e. The van der Waals surface area contributed by atoms with Crippen LogP contribution in [0.25, 0.3) is 0 Å². The van der Waals surface area contributed by atoms with E-state index in [1.807, 2.05) is 18.2 Å². The van der Waals surface area contributed by atoms with Gasteiger partial charge in [0.2, 0.25) is 0 Å². The first-order valence-corrected chi connectivity index (χ1v) is 6.13.